The van der Waals surface area contributed by atoms with Gasteiger partial charge in [-0.3, -0.25) is 9.59 Å². The second kappa shape index (κ2) is 6.99. The van der Waals surface area contributed by atoms with Gasteiger partial charge in [-0.2, -0.15) is 0 Å². The van der Waals surface area contributed by atoms with E-state index >= 15 is 0 Å². The van der Waals surface area contributed by atoms with E-state index in [0.717, 1.165) is 9.87 Å². The highest BCUT2D eigenvalue weighted by Gasteiger charge is 2.49. The molecule has 0 radical (unpaired) electrons. The Morgan fingerprint density at radius 3 is 2.21 bits per heavy atom. The summed E-state index contributed by atoms with van der Waals surface area (Å²) >= 11 is 0. The highest BCUT2D eigenvalue weighted by Crippen LogP contribution is 2.36. The van der Waals surface area contributed by atoms with Gasteiger partial charge in [-0.25, -0.2) is 12.7 Å². The zero-order valence-corrected chi connectivity index (χ0v) is 18.1. The van der Waals surface area contributed by atoms with Gasteiger partial charge >= 0.3 is 0 Å². The molecule has 0 aromatic heterocycles. The van der Waals surface area contributed by atoms with E-state index in [4.69, 9.17) is 0 Å². The number of nitrogens with zero attached hydrogens (tertiary/aromatic N) is 1. The van der Waals surface area contributed by atoms with Crippen LogP contribution in [0.15, 0.2) is 48.5 Å². The molecule has 0 spiro atoms. The van der Waals surface area contributed by atoms with Crippen molar-refractivity contribution >= 4 is 33.2 Å². The van der Waals surface area contributed by atoms with Gasteiger partial charge in [-0.05, 0) is 55.2 Å². The van der Waals surface area contributed by atoms with E-state index in [9.17, 15) is 18.0 Å². The maximum Gasteiger partial charge on any atom is 0.255 e. The van der Waals surface area contributed by atoms with Gasteiger partial charge in [0, 0.05) is 11.3 Å². The van der Waals surface area contributed by atoms with Crippen LogP contribution in [0.4, 0.5) is 11.4 Å². The molecule has 1 fully saturated rings. The molecule has 0 atom stereocenters. The standard InChI is InChI=1S/C22H26N2O4S/c1-21(2,3)16-9-11-17(12-10-16)23-19(25)15-7-6-8-18(13-15)24-20(26)22(4,5)14-29(24,27)28/h6-13H,14H2,1-5H3,(H,23,25). The number of sulfonamides is 1. The van der Waals surface area contributed by atoms with Gasteiger partial charge in [0.1, 0.15) is 0 Å². The number of benzene rings is 2. The second-order valence-corrected chi connectivity index (χ2v) is 10.9. The summed E-state index contributed by atoms with van der Waals surface area (Å²) in [4.78, 5) is 25.2. The first-order chi connectivity index (χ1) is 13.3. The Balaban J connectivity index is 1.84. The van der Waals surface area contributed by atoms with E-state index in [1.165, 1.54) is 12.1 Å². The first-order valence-corrected chi connectivity index (χ1v) is 11.0. The van der Waals surface area contributed by atoms with Crippen molar-refractivity contribution in [2.45, 2.75) is 40.0 Å². The SMILES string of the molecule is CC1(C)CS(=O)(=O)N(c2cccc(C(=O)Nc3ccc(C(C)(C)C)cc3)c2)C1=O. The van der Waals surface area contributed by atoms with Crippen molar-refractivity contribution in [2.75, 3.05) is 15.4 Å². The maximum atomic E-state index is 12.7. The van der Waals surface area contributed by atoms with Crippen molar-refractivity contribution in [2.24, 2.45) is 5.41 Å². The van der Waals surface area contributed by atoms with Gasteiger partial charge in [0.25, 0.3) is 5.91 Å². The van der Waals surface area contributed by atoms with E-state index in [2.05, 4.69) is 26.1 Å². The summed E-state index contributed by atoms with van der Waals surface area (Å²) in [7, 11) is -3.77. The fourth-order valence-corrected chi connectivity index (χ4v) is 5.39. The molecule has 2 aromatic carbocycles. The first kappa shape index (κ1) is 21.0. The van der Waals surface area contributed by atoms with Crippen LogP contribution in [0.5, 0.6) is 0 Å². The average molecular weight is 415 g/mol. The van der Waals surface area contributed by atoms with Crippen molar-refractivity contribution in [3.63, 3.8) is 0 Å². The van der Waals surface area contributed by atoms with Crippen LogP contribution in [0.25, 0.3) is 0 Å². The zero-order valence-electron chi connectivity index (χ0n) is 17.3. The van der Waals surface area contributed by atoms with Crippen LogP contribution in [0, 0.1) is 5.41 Å². The predicted molar refractivity (Wildman–Crippen MR) is 115 cm³/mol. The molecule has 1 aliphatic heterocycles. The molecule has 6 nitrogen and oxygen atoms in total. The summed E-state index contributed by atoms with van der Waals surface area (Å²) in [5, 5.41) is 2.81. The third kappa shape index (κ3) is 4.19. The van der Waals surface area contributed by atoms with Crippen LogP contribution in [-0.4, -0.2) is 26.0 Å². The molecule has 0 saturated carbocycles. The highest BCUT2D eigenvalue weighted by atomic mass is 32.2. The fourth-order valence-electron chi connectivity index (χ4n) is 3.29. The van der Waals surface area contributed by atoms with Crippen molar-refractivity contribution < 1.29 is 18.0 Å². The van der Waals surface area contributed by atoms with Crippen molar-refractivity contribution in [3.05, 3.63) is 59.7 Å². The van der Waals surface area contributed by atoms with Crippen molar-refractivity contribution in [1.29, 1.82) is 0 Å². The number of hydrogen-bond acceptors (Lipinski definition) is 4. The summed E-state index contributed by atoms with van der Waals surface area (Å²) in [6, 6.07) is 13.7. The smallest absolute Gasteiger partial charge is 0.255 e. The highest BCUT2D eigenvalue weighted by molar-refractivity contribution is 7.94. The van der Waals surface area contributed by atoms with E-state index in [-0.39, 0.29) is 28.3 Å². The molecular weight excluding hydrogens is 388 g/mol. The number of anilines is 2. The van der Waals surface area contributed by atoms with Crippen LogP contribution < -0.4 is 9.62 Å². The number of carbonyl (C=O) groups is 2. The van der Waals surface area contributed by atoms with Crippen LogP contribution >= 0.6 is 0 Å². The number of amides is 2. The molecule has 7 heteroatoms. The van der Waals surface area contributed by atoms with E-state index < -0.39 is 21.3 Å². The minimum atomic E-state index is -3.77. The molecular formula is C22H26N2O4S. The van der Waals surface area contributed by atoms with Gasteiger partial charge < -0.3 is 5.32 Å². The Bertz CT molecular complexity index is 1060. The number of hydrogen-bond donors (Lipinski definition) is 1. The van der Waals surface area contributed by atoms with E-state index in [0.29, 0.717) is 5.69 Å². The molecule has 2 aromatic rings. The topological polar surface area (TPSA) is 83.6 Å². The minimum absolute atomic E-state index is 0.0123. The minimum Gasteiger partial charge on any atom is -0.322 e. The summed E-state index contributed by atoms with van der Waals surface area (Å²) in [5.74, 6) is -1.12. The Hall–Kier alpha value is -2.67. The molecule has 29 heavy (non-hydrogen) atoms. The first-order valence-electron chi connectivity index (χ1n) is 9.41. The largest absolute Gasteiger partial charge is 0.322 e. The molecule has 0 aliphatic carbocycles. The summed E-state index contributed by atoms with van der Waals surface area (Å²) < 4.78 is 25.8. The summed E-state index contributed by atoms with van der Waals surface area (Å²) in [6.45, 7) is 9.54. The summed E-state index contributed by atoms with van der Waals surface area (Å²) in [5.41, 5.74) is 1.26. The Labute approximate surface area is 172 Å². The van der Waals surface area contributed by atoms with Crippen molar-refractivity contribution in [3.8, 4) is 0 Å². The molecule has 1 aliphatic rings. The number of rotatable bonds is 3. The zero-order chi connectivity index (χ0) is 21.6. The molecule has 3 rings (SSSR count). The molecule has 1 heterocycles. The van der Waals surface area contributed by atoms with Gasteiger partial charge in [-0.1, -0.05) is 39.0 Å². The Morgan fingerprint density at radius 2 is 1.69 bits per heavy atom. The molecule has 154 valence electrons. The van der Waals surface area contributed by atoms with Crippen LogP contribution in [0.3, 0.4) is 0 Å². The lowest BCUT2D eigenvalue weighted by Gasteiger charge is -2.19. The molecule has 1 saturated heterocycles. The van der Waals surface area contributed by atoms with Gasteiger partial charge in [-0.15, -0.1) is 0 Å². The Morgan fingerprint density at radius 1 is 1.07 bits per heavy atom. The average Bonchev–Trinajstić information content (AvgIpc) is 2.77. The lowest BCUT2D eigenvalue weighted by atomic mass is 9.87. The molecule has 1 N–H and O–H groups in total. The van der Waals surface area contributed by atoms with E-state index in [1.54, 1.807) is 26.0 Å². The second-order valence-electron chi connectivity index (χ2n) is 9.04. The van der Waals surface area contributed by atoms with Crippen LogP contribution in [0.2, 0.25) is 0 Å². The van der Waals surface area contributed by atoms with Crippen LogP contribution in [-0.2, 0) is 20.2 Å². The lowest BCUT2D eigenvalue weighted by Crippen LogP contribution is -2.33. The third-order valence-electron chi connectivity index (χ3n) is 4.94. The van der Waals surface area contributed by atoms with Crippen molar-refractivity contribution in [1.82, 2.24) is 0 Å². The maximum absolute atomic E-state index is 12.7. The monoisotopic (exact) mass is 414 g/mol. The van der Waals surface area contributed by atoms with Crippen LogP contribution in [0.1, 0.15) is 50.5 Å². The van der Waals surface area contributed by atoms with Gasteiger partial charge in [0.2, 0.25) is 15.9 Å². The Kier molecular flexibility index (Phi) is 5.07. The molecule has 2 amide bonds. The normalized spacial score (nSPS) is 18.0. The molecule has 0 bridgehead atoms. The number of carbonyl (C=O) groups excluding carboxylic acids is 2. The predicted octanol–water partition coefficient (Wildman–Crippen LogP) is 3.94. The quantitative estimate of drug-likeness (QED) is 0.825. The lowest BCUT2D eigenvalue weighted by molar-refractivity contribution is -0.123. The van der Waals surface area contributed by atoms with Gasteiger partial charge in [0.15, 0.2) is 0 Å². The third-order valence-corrected chi connectivity index (χ3v) is 6.96. The summed E-state index contributed by atoms with van der Waals surface area (Å²) in [6.07, 6.45) is 0. The van der Waals surface area contributed by atoms with Gasteiger partial charge in [0.05, 0.1) is 16.9 Å². The van der Waals surface area contributed by atoms with E-state index in [1.807, 2.05) is 24.3 Å². The fraction of sp³-hybridized carbons (Fsp3) is 0.364. The molecule has 0 unspecified atom stereocenters. The number of nitrogens with one attached hydrogen (secondary N) is 1.